The number of halogens is 3. The minimum atomic E-state index is -0.892. The first-order valence-corrected chi connectivity index (χ1v) is 8.11. The number of carbonyl (C=O) groups is 1. The lowest BCUT2D eigenvalue weighted by Crippen LogP contribution is -2.36. The Morgan fingerprint density at radius 3 is 2.44 bits per heavy atom. The van der Waals surface area contributed by atoms with E-state index in [0.717, 1.165) is 12.1 Å². The normalized spacial score (nSPS) is 11.7. The number of aromatic nitrogens is 1. The summed E-state index contributed by atoms with van der Waals surface area (Å²) in [6, 6.07) is 12.5. The predicted molar refractivity (Wildman–Crippen MR) is 95.6 cm³/mol. The van der Waals surface area contributed by atoms with Crippen molar-refractivity contribution in [1.82, 2.24) is 9.88 Å². The van der Waals surface area contributed by atoms with Gasteiger partial charge >= 0.3 is 6.03 Å². The Morgan fingerprint density at radius 1 is 1.00 bits per heavy atom. The van der Waals surface area contributed by atoms with E-state index in [0.29, 0.717) is 17.3 Å². The highest BCUT2D eigenvalue weighted by Gasteiger charge is 2.25. The molecule has 0 aliphatic heterocycles. The number of pyridine rings is 1. The minimum absolute atomic E-state index is 0.160. The smallest absolute Gasteiger partial charge is 0.315 e. The second kappa shape index (κ2) is 7.90. The van der Waals surface area contributed by atoms with Crippen molar-refractivity contribution in [2.45, 2.75) is 6.04 Å². The fraction of sp³-hybridized carbons (Fsp3) is 0.100. The lowest BCUT2D eigenvalue weighted by atomic mass is 10.0. The zero-order valence-electron chi connectivity index (χ0n) is 14.4. The van der Waals surface area contributed by atoms with Crippen LogP contribution in [0.5, 0.6) is 0 Å². The van der Waals surface area contributed by atoms with Crippen LogP contribution in [0, 0.1) is 17.5 Å². The Bertz CT molecular complexity index is 950. The number of anilines is 1. The molecule has 138 valence electrons. The summed E-state index contributed by atoms with van der Waals surface area (Å²) >= 11 is 0. The van der Waals surface area contributed by atoms with Gasteiger partial charge in [0.25, 0.3) is 0 Å². The molecule has 0 aliphatic carbocycles. The molecule has 0 saturated carbocycles. The van der Waals surface area contributed by atoms with E-state index >= 15 is 0 Å². The molecule has 7 heteroatoms. The molecule has 27 heavy (non-hydrogen) atoms. The van der Waals surface area contributed by atoms with Gasteiger partial charge in [-0.15, -0.1) is 0 Å². The third kappa shape index (κ3) is 4.25. The summed E-state index contributed by atoms with van der Waals surface area (Å²) in [4.78, 5) is 18.2. The van der Waals surface area contributed by atoms with Crippen molar-refractivity contribution < 1.29 is 18.0 Å². The lowest BCUT2D eigenvalue weighted by molar-refractivity contribution is 0.211. The average molecular weight is 371 g/mol. The molecule has 0 bridgehead atoms. The van der Waals surface area contributed by atoms with E-state index in [4.69, 9.17) is 0 Å². The second-order valence-electron chi connectivity index (χ2n) is 5.88. The number of amides is 2. The van der Waals surface area contributed by atoms with Crippen molar-refractivity contribution in [3.05, 3.63) is 95.6 Å². The van der Waals surface area contributed by atoms with Gasteiger partial charge in [-0.1, -0.05) is 18.2 Å². The predicted octanol–water partition coefficient (Wildman–Crippen LogP) is 4.75. The van der Waals surface area contributed by atoms with Crippen molar-refractivity contribution in [1.29, 1.82) is 0 Å². The van der Waals surface area contributed by atoms with Crippen LogP contribution in [0.1, 0.15) is 17.3 Å². The van der Waals surface area contributed by atoms with Gasteiger partial charge in [-0.25, -0.2) is 18.0 Å². The maximum atomic E-state index is 13.8. The molecule has 0 fully saturated rings. The molecule has 1 atom stereocenters. The van der Waals surface area contributed by atoms with Gasteiger partial charge < -0.3 is 10.2 Å². The first-order valence-electron chi connectivity index (χ1n) is 8.11. The number of carbonyl (C=O) groups excluding carboxylic acids is 1. The fourth-order valence-corrected chi connectivity index (χ4v) is 2.72. The molecule has 3 aromatic rings. The van der Waals surface area contributed by atoms with Crippen LogP contribution in [-0.4, -0.2) is 23.0 Å². The molecule has 0 radical (unpaired) electrons. The topological polar surface area (TPSA) is 45.2 Å². The summed E-state index contributed by atoms with van der Waals surface area (Å²) in [5, 5.41) is 2.40. The molecule has 0 spiro atoms. The van der Waals surface area contributed by atoms with Gasteiger partial charge in [-0.3, -0.25) is 4.98 Å². The molecular formula is C20H16F3N3O. The van der Waals surface area contributed by atoms with E-state index in [9.17, 15) is 18.0 Å². The quantitative estimate of drug-likeness (QED) is 0.719. The van der Waals surface area contributed by atoms with Crippen molar-refractivity contribution in [2.24, 2.45) is 0 Å². The number of nitrogens with one attached hydrogen (secondary N) is 1. The third-order valence-electron chi connectivity index (χ3n) is 4.01. The molecule has 2 amide bonds. The summed E-state index contributed by atoms with van der Waals surface area (Å²) in [6.45, 7) is 0. The van der Waals surface area contributed by atoms with E-state index in [1.807, 2.05) is 0 Å². The number of nitrogens with zero attached hydrogens (tertiary/aromatic N) is 2. The molecule has 1 heterocycles. The molecule has 0 aliphatic rings. The van der Waals surface area contributed by atoms with Crippen molar-refractivity contribution in [3.8, 4) is 0 Å². The SMILES string of the molecule is CN(C(=O)Nc1ccc(F)cc1F)C(c1cccc(F)c1)c1ccccn1. The minimum Gasteiger partial charge on any atom is -0.315 e. The van der Waals surface area contributed by atoms with Crippen molar-refractivity contribution >= 4 is 11.7 Å². The van der Waals surface area contributed by atoms with Gasteiger partial charge in [-0.05, 0) is 42.0 Å². The first kappa shape index (κ1) is 18.4. The Labute approximate surface area is 154 Å². The van der Waals surface area contributed by atoms with Crippen molar-refractivity contribution in [2.75, 3.05) is 12.4 Å². The van der Waals surface area contributed by atoms with Gasteiger partial charge in [-0.2, -0.15) is 0 Å². The Hall–Kier alpha value is -3.35. The molecule has 4 nitrogen and oxygen atoms in total. The summed E-state index contributed by atoms with van der Waals surface area (Å²) in [6.07, 6.45) is 1.56. The highest BCUT2D eigenvalue weighted by atomic mass is 19.1. The van der Waals surface area contributed by atoms with Crippen LogP contribution in [0.3, 0.4) is 0 Å². The number of urea groups is 1. The van der Waals surface area contributed by atoms with Gasteiger partial charge in [0.05, 0.1) is 11.4 Å². The molecule has 3 rings (SSSR count). The molecular weight excluding hydrogens is 355 g/mol. The number of rotatable bonds is 4. The summed E-state index contributed by atoms with van der Waals surface area (Å²) in [5.74, 6) is -2.09. The zero-order valence-corrected chi connectivity index (χ0v) is 14.4. The molecule has 1 aromatic heterocycles. The van der Waals surface area contributed by atoms with E-state index in [1.54, 1.807) is 30.5 Å². The van der Waals surface area contributed by atoms with Gasteiger partial charge in [0.1, 0.15) is 23.5 Å². The van der Waals surface area contributed by atoms with E-state index in [2.05, 4.69) is 10.3 Å². The summed E-state index contributed by atoms with van der Waals surface area (Å²) < 4.78 is 40.6. The van der Waals surface area contributed by atoms with Crippen LogP contribution in [-0.2, 0) is 0 Å². The van der Waals surface area contributed by atoms with Gasteiger partial charge in [0, 0.05) is 19.3 Å². The number of hydrogen-bond acceptors (Lipinski definition) is 2. The number of hydrogen-bond donors (Lipinski definition) is 1. The van der Waals surface area contributed by atoms with Crippen LogP contribution >= 0.6 is 0 Å². The van der Waals surface area contributed by atoms with E-state index < -0.39 is 29.5 Å². The Kier molecular flexibility index (Phi) is 5.40. The van der Waals surface area contributed by atoms with Crippen LogP contribution in [0.15, 0.2) is 66.9 Å². The van der Waals surface area contributed by atoms with E-state index in [1.165, 1.54) is 30.1 Å². The zero-order chi connectivity index (χ0) is 19.4. The van der Waals surface area contributed by atoms with Gasteiger partial charge in [0.2, 0.25) is 0 Å². The molecule has 1 unspecified atom stereocenters. The van der Waals surface area contributed by atoms with Gasteiger partial charge in [0.15, 0.2) is 0 Å². The van der Waals surface area contributed by atoms with Crippen molar-refractivity contribution in [3.63, 3.8) is 0 Å². The largest absolute Gasteiger partial charge is 0.322 e. The summed E-state index contributed by atoms with van der Waals surface area (Å²) in [7, 11) is 1.49. The standard InChI is InChI=1S/C20H16F3N3O/c1-26(20(27)25-17-9-8-15(22)12-16(17)23)19(18-7-2-3-10-24-18)13-5-4-6-14(21)11-13/h2-12,19H,1H3,(H,25,27). The Morgan fingerprint density at radius 2 is 1.78 bits per heavy atom. The monoisotopic (exact) mass is 371 g/mol. The first-order chi connectivity index (χ1) is 13.0. The van der Waals surface area contributed by atoms with Crippen LogP contribution in [0.2, 0.25) is 0 Å². The highest BCUT2D eigenvalue weighted by molar-refractivity contribution is 5.89. The lowest BCUT2D eigenvalue weighted by Gasteiger charge is -2.28. The number of benzene rings is 2. The van der Waals surface area contributed by atoms with E-state index in [-0.39, 0.29) is 5.69 Å². The maximum Gasteiger partial charge on any atom is 0.322 e. The fourth-order valence-electron chi connectivity index (χ4n) is 2.72. The van der Waals surface area contributed by atoms with Crippen LogP contribution in [0.4, 0.5) is 23.7 Å². The van der Waals surface area contributed by atoms with Crippen LogP contribution in [0.25, 0.3) is 0 Å². The molecule has 2 aromatic carbocycles. The third-order valence-corrected chi connectivity index (χ3v) is 4.01. The maximum absolute atomic E-state index is 13.8. The molecule has 1 N–H and O–H groups in total. The Balaban J connectivity index is 1.93. The molecule has 0 saturated heterocycles. The second-order valence-corrected chi connectivity index (χ2v) is 5.88. The van der Waals surface area contributed by atoms with Crippen LogP contribution < -0.4 is 5.32 Å². The summed E-state index contributed by atoms with van der Waals surface area (Å²) in [5.41, 5.74) is 0.860. The average Bonchev–Trinajstić information content (AvgIpc) is 2.65. The highest BCUT2D eigenvalue weighted by Crippen LogP contribution is 2.27.